The zero-order valence-corrected chi connectivity index (χ0v) is 11.5. The van der Waals surface area contributed by atoms with Crippen molar-refractivity contribution in [3.63, 3.8) is 0 Å². The number of imide groups is 1. The van der Waals surface area contributed by atoms with Gasteiger partial charge in [0, 0.05) is 26.1 Å². The van der Waals surface area contributed by atoms with E-state index in [-0.39, 0.29) is 19.1 Å². The van der Waals surface area contributed by atoms with Crippen LogP contribution in [-0.4, -0.2) is 41.8 Å². The number of hydrogen-bond donors (Lipinski definition) is 2. The summed E-state index contributed by atoms with van der Waals surface area (Å²) in [4.78, 5) is 35.9. The molecule has 0 saturated heterocycles. The Labute approximate surface area is 113 Å². The molecule has 0 spiro atoms. The van der Waals surface area contributed by atoms with Gasteiger partial charge in [-0.05, 0) is 12.8 Å². The molecule has 108 valence electrons. The van der Waals surface area contributed by atoms with Crippen LogP contribution in [0.2, 0.25) is 0 Å². The normalized spacial score (nSPS) is 16.5. The first-order valence-corrected chi connectivity index (χ1v) is 6.89. The molecule has 0 atom stereocenters. The molecule has 3 N–H and O–H groups in total. The van der Waals surface area contributed by atoms with Gasteiger partial charge < -0.3 is 11.1 Å². The van der Waals surface area contributed by atoms with E-state index in [2.05, 4.69) is 5.32 Å². The van der Waals surface area contributed by atoms with Gasteiger partial charge in [-0.25, -0.2) is 0 Å². The fourth-order valence-corrected chi connectivity index (χ4v) is 2.32. The number of carbonyl (C=O) groups excluding carboxylic acids is 3. The Morgan fingerprint density at radius 1 is 1.16 bits per heavy atom. The standard InChI is InChI=1S/C13H23N3O3/c1-10(17)16(9-8-14)13(19)12(18)15-11-6-4-2-3-5-7-11/h11H,2-9,14H2,1H3,(H,15,18). The van der Waals surface area contributed by atoms with Gasteiger partial charge in [0.25, 0.3) is 0 Å². The largest absolute Gasteiger partial charge is 0.345 e. The molecule has 1 saturated carbocycles. The fourth-order valence-electron chi connectivity index (χ4n) is 2.32. The second-order valence-corrected chi connectivity index (χ2v) is 4.93. The molecular weight excluding hydrogens is 246 g/mol. The predicted molar refractivity (Wildman–Crippen MR) is 71.1 cm³/mol. The molecule has 0 radical (unpaired) electrons. The van der Waals surface area contributed by atoms with Crippen molar-refractivity contribution in [2.24, 2.45) is 5.73 Å². The first-order chi connectivity index (χ1) is 9.06. The summed E-state index contributed by atoms with van der Waals surface area (Å²) in [5, 5.41) is 2.73. The van der Waals surface area contributed by atoms with E-state index in [0.717, 1.165) is 30.6 Å². The molecule has 1 fully saturated rings. The molecule has 1 aliphatic rings. The molecule has 6 nitrogen and oxygen atoms in total. The average molecular weight is 269 g/mol. The van der Waals surface area contributed by atoms with E-state index in [1.54, 1.807) is 0 Å². The van der Waals surface area contributed by atoms with Crippen LogP contribution in [0.4, 0.5) is 0 Å². The third-order valence-corrected chi connectivity index (χ3v) is 3.36. The maximum absolute atomic E-state index is 11.9. The second-order valence-electron chi connectivity index (χ2n) is 4.93. The SMILES string of the molecule is CC(=O)N(CCN)C(=O)C(=O)NC1CCCCCC1. The molecule has 0 aromatic rings. The summed E-state index contributed by atoms with van der Waals surface area (Å²) in [6, 6.07) is 0.0469. The van der Waals surface area contributed by atoms with Crippen LogP contribution in [0, 0.1) is 0 Å². The van der Waals surface area contributed by atoms with Gasteiger partial charge in [0.1, 0.15) is 0 Å². The fraction of sp³-hybridized carbons (Fsp3) is 0.769. The minimum Gasteiger partial charge on any atom is -0.345 e. The van der Waals surface area contributed by atoms with Gasteiger partial charge in [-0.15, -0.1) is 0 Å². The molecule has 0 aliphatic heterocycles. The van der Waals surface area contributed by atoms with E-state index in [1.165, 1.54) is 19.8 Å². The van der Waals surface area contributed by atoms with Crippen molar-refractivity contribution < 1.29 is 14.4 Å². The van der Waals surface area contributed by atoms with Crippen LogP contribution in [0.3, 0.4) is 0 Å². The van der Waals surface area contributed by atoms with Crippen LogP contribution < -0.4 is 11.1 Å². The smallest absolute Gasteiger partial charge is 0.318 e. The number of nitrogens with zero attached hydrogens (tertiary/aromatic N) is 1. The van der Waals surface area contributed by atoms with Crippen molar-refractivity contribution in [2.75, 3.05) is 13.1 Å². The minimum absolute atomic E-state index is 0.0469. The summed E-state index contributed by atoms with van der Waals surface area (Å²) in [5.74, 6) is -1.95. The molecule has 0 aromatic carbocycles. The molecule has 6 heteroatoms. The Balaban J connectivity index is 2.54. The van der Waals surface area contributed by atoms with Crippen molar-refractivity contribution >= 4 is 17.7 Å². The van der Waals surface area contributed by atoms with Gasteiger partial charge in [-0.1, -0.05) is 25.7 Å². The Hall–Kier alpha value is -1.43. The van der Waals surface area contributed by atoms with Gasteiger partial charge in [-0.3, -0.25) is 19.3 Å². The number of amides is 3. The summed E-state index contributed by atoms with van der Waals surface area (Å²) >= 11 is 0. The number of nitrogens with one attached hydrogen (secondary N) is 1. The summed E-state index contributed by atoms with van der Waals surface area (Å²) in [7, 11) is 0. The summed E-state index contributed by atoms with van der Waals surface area (Å²) < 4.78 is 0. The van der Waals surface area contributed by atoms with Crippen molar-refractivity contribution in [1.29, 1.82) is 0 Å². The number of carbonyl (C=O) groups is 3. The molecule has 0 heterocycles. The highest BCUT2D eigenvalue weighted by atomic mass is 16.2. The highest BCUT2D eigenvalue weighted by Crippen LogP contribution is 2.17. The molecule has 3 amide bonds. The van der Waals surface area contributed by atoms with Crippen LogP contribution in [0.15, 0.2) is 0 Å². The lowest BCUT2D eigenvalue weighted by molar-refractivity contribution is -0.152. The molecule has 1 aliphatic carbocycles. The van der Waals surface area contributed by atoms with Crippen molar-refractivity contribution in [3.8, 4) is 0 Å². The van der Waals surface area contributed by atoms with Gasteiger partial charge in [0.15, 0.2) is 0 Å². The highest BCUT2D eigenvalue weighted by Gasteiger charge is 2.26. The van der Waals surface area contributed by atoms with Gasteiger partial charge >= 0.3 is 11.8 Å². The van der Waals surface area contributed by atoms with Crippen LogP contribution in [0.1, 0.15) is 45.4 Å². The quantitative estimate of drug-likeness (QED) is 0.564. The lowest BCUT2D eigenvalue weighted by atomic mass is 10.1. The Bertz CT molecular complexity index is 336. The van der Waals surface area contributed by atoms with Crippen LogP contribution >= 0.6 is 0 Å². The van der Waals surface area contributed by atoms with E-state index < -0.39 is 17.7 Å². The lowest BCUT2D eigenvalue weighted by Gasteiger charge is -2.20. The number of hydrogen-bond acceptors (Lipinski definition) is 4. The van der Waals surface area contributed by atoms with Crippen LogP contribution in [-0.2, 0) is 14.4 Å². The topological polar surface area (TPSA) is 92.5 Å². The average Bonchev–Trinajstić information content (AvgIpc) is 2.63. The van der Waals surface area contributed by atoms with E-state index in [0.29, 0.717) is 0 Å². The third-order valence-electron chi connectivity index (χ3n) is 3.36. The maximum atomic E-state index is 11.9. The first kappa shape index (κ1) is 15.6. The van der Waals surface area contributed by atoms with E-state index in [1.807, 2.05) is 0 Å². The molecule has 0 aromatic heterocycles. The predicted octanol–water partition coefficient (Wildman–Crippen LogP) is 0.159. The monoisotopic (exact) mass is 269 g/mol. The molecular formula is C13H23N3O3. The third kappa shape index (κ3) is 4.98. The van der Waals surface area contributed by atoms with E-state index in [4.69, 9.17) is 5.73 Å². The van der Waals surface area contributed by atoms with Gasteiger partial charge in [-0.2, -0.15) is 0 Å². The van der Waals surface area contributed by atoms with Crippen molar-refractivity contribution in [3.05, 3.63) is 0 Å². The summed E-state index contributed by atoms with van der Waals surface area (Å²) in [6.45, 7) is 1.49. The van der Waals surface area contributed by atoms with E-state index in [9.17, 15) is 14.4 Å². The number of nitrogens with two attached hydrogens (primary N) is 1. The molecule has 0 unspecified atom stereocenters. The summed E-state index contributed by atoms with van der Waals surface area (Å²) in [6.07, 6.45) is 6.28. The number of rotatable bonds is 3. The van der Waals surface area contributed by atoms with Gasteiger partial charge in [0.2, 0.25) is 5.91 Å². The van der Waals surface area contributed by atoms with Crippen LogP contribution in [0.25, 0.3) is 0 Å². The lowest BCUT2D eigenvalue weighted by Crippen LogP contribution is -2.49. The van der Waals surface area contributed by atoms with Crippen molar-refractivity contribution in [2.45, 2.75) is 51.5 Å². The Kier molecular flexibility index (Phi) is 6.49. The second kappa shape index (κ2) is 7.89. The Morgan fingerprint density at radius 2 is 1.74 bits per heavy atom. The minimum atomic E-state index is -0.804. The first-order valence-electron chi connectivity index (χ1n) is 6.89. The Morgan fingerprint density at radius 3 is 2.21 bits per heavy atom. The van der Waals surface area contributed by atoms with Gasteiger partial charge in [0.05, 0.1) is 0 Å². The molecule has 0 bridgehead atoms. The van der Waals surface area contributed by atoms with E-state index >= 15 is 0 Å². The zero-order chi connectivity index (χ0) is 14.3. The van der Waals surface area contributed by atoms with Crippen molar-refractivity contribution in [1.82, 2.24) is 10.2 Å². The zero-order valence-electron chi connectivity index (χ0n) is 11.5. The maximum Gasteiger partial charge on any atom is 0.318 e. The van der Waals surface area contributed by atoms with Crippen LogP contribution in [0.5, 0.6) is 0 Å². The highest BCUT2D eigenvalue weighted by molar-refractivity contribution is 6.37. The summed E-state index contributed by atoms with van der Waals surface area (Å²) in [5.41, 5.74) is 5.33. The molecule has 19 heavy (non-hydrogen) atoms. The molecule has 1 rings (SSSR count).